The normalized spacial score (nSPS) is 19.0. The summed E-state index contributed by atoms with van der Waals surface area (Å²) >= 11 is 0. The van der Waals surface area contributed by atoms with Gasteiger partial charge in [-0.15, -0.1) is 0 Å². The summed E-state index contributed by atoms with van der Waals surface area (Å²) in [5.41, 5.74) is 8.53. The molecule has 1 amide bonds. The van der Waals surface area contributed by atoms with Crippen LogP contribution in [0.3, 0.4) is 0 Å². The highest BCUT2D eigenvalue weighted by molar-refractivity contribution is 5.77. The molecule has 2 rings (SSSR count). The van der Waals surface area contributed by atoms with Gasteiger partial charge in [-0.05, 0) is 50.5 Å². The number of piperidine rings is 1. The highest BCUT2D eigenvalue weighted by Gasteiger charge is 2.26. The molecule has 0 aromatic heterocycles. The Morgan fingerprint density at radius 3 is 2.36 bits per heavy atom. The minimum atomic E-state index is 0.244. The maximum absolute atomic E-state index is 12.6. The lowest BCUT2D eigenvalue weighted by Crippen LogP contribution is -2.42. The van der Waals surface area contributed by atoms with E-state index in [-0.39, 0.29) is 6.04 Å². The summed E-state index contributed by atoms with van der Waals surface area (Å²) in [6.07, 6.45) is 3.73. The van der Waals surface area contributed by atoms with E-state index in [0.717, 1.165) is 32.4 Å². The summed E-state index contributed by atoms with van der Waals surface area (Å²) in [5.74, 6) is 1.21. The van der Waals surface area contributed by atoms with Crippen LogP contribution in [0.2, 0.25) is 0 Å². The Labute approximate surface area is 134 Å². The van der Waals surface area contributed by atoms with Crippen LogP contribution in [0.4, 0.5) is 0 Å². The SMILES string of the molecule is CCC(CC(=O)N1CCC(C(C)N)CC1)c1ccc(C)cc1. The first-order chi connectivity index (χ1) is 10.5. The van der Waals surface area contributed by atoms with E-state index in [9.17, 15) is 4.79 Å². The Hall–Kier alpha value is -1.35. The third-order valence-corrected chi connectivity index (χ3v) is 5.10. The Bertz CT molecular complexity index is 473. The number of nitrogens with two attached hydrogens (primary N) is 1. The number of carbonyl (C=O) groups is 1. The minimum absolute atomic E-state index is 0.244. The average molecular weight is 302 g/mol. The lowest BCUT2D eigenvalue weighted by molar-refractivity contribution is -0.133. The molecule has 0 radical (unpaired) electrons. The highest BCUT2D eigenvalue weighted by atomic mass is 16.2. The van der Waals surface area contributed by atoms with E-state index in [1.54, 1.807) is 0 Å². The molecular weight excluding hydrogens is 272 g/mol. The number of carbonyl (C=O) groups excluding carboxylic acids is 1. The summed E-state index contributed by atoms with van der Waals surface area (Å²) in [7, 11) is 0. The second-order valence-electron chi connectivity index (χ2n) is 6.80. The molecule has 1 aliphatic heterocycles. The van der Waals surface area contributed by atoms with Crippen molar-refractivity contribution in [2.45, 2.75) is 58.4 Å². The molecule has 1 aliphatic rings. The number of hydrogen-bond donors (Lipinski definition) is 1. The van der Waals surface area contributed by atoms with Gasteiger partial charge >= 0.3 is 0 Å². The second-order valence-corrected chi connectivity index (χ2v) is 6.80. The molecule has 0 bridgehead atoms. The third-order valence-electron chi connectivity index (χ3n) is 5.10. The zero-order valence-corrected chi connectivity index (χ0v) is 14.2. The molecule has 2 unspecified atom stereocenters. The van der Waals surface area contributed by atoms with Crippen LogP contribution in [0, 0.1) is 12.8 Å². The summed E-state index contributed by atoms with van der Waals surface area (Å²) in [5, 5.41) is 0. The molecule has 1 aromatic rings. The van der Waals surface area contributed by atoms with E-state index in [2.05, 4.69) is 45.0 Å². The Morgan fingerprint density at radius 2 is 1.86 bits per heavy atom. The summed E-state index contributed by atoms with van der Waals surface area (Å²) in [4.78, 5) is 14.6. The van der Waals surface area contributed by atoms with E-state index in [0.29, 0.717) is 24.2 Å². The number of likely N-dealkylation sites (tertiary alicyclic amines) is 1. The van der Waals surface area contributed by atoms with Gasteiger partial charge in [0, 0.05) is 25.6 Å². The number of nitrogens with zero attached hydrogens (tertiary/aromatic N) is 1. The van der Waals surface area contributed by atoms with Crippen LogP contribution in [0.25, 0.3) is 0 Å². The van der Waals surface area contributed by atoms with Crippen molar-refractivity contribution in [2.75, 3.05) is 13.1 Å². The average Bonchev–Trinajstić information content (AvgIpc) is 2.53. The van der Waals surface area contributed by atoms with Crippen LogP contribution >= 0.6 is 0 Å². The first kappa shape index (κ1) is 17.0. The number of amides is 1. The quantitative estimate of drug-likeness (QED) is 0.905. The van der Waals surface area contributed by atoms with Crippen LogP contribution in [0.1, 0.15) is 56.6 Å². The molecule has 2 N–H and O–H groups in total. The van der Waals surface area contributed by atoms with Crippen molar-refractivity contribution < 1.29 is 4.79 Å². The smallest absolute Gasteiger partial charge is 0.223 e. The molecule has 1 heterocycles. The minimum Gasteiger partial charge on any atom is -0.343 e. The van der Waals surface area contributed by atoms with Crippen molar-refractivity contribution in [2.24, 2.45) is 11.7 Å². The highest BCUT2D eigenvalue weighted by Crippen LogP contribution is 2.26. The molecular formula is C19H30N2O. The van der Waals surface area contributed by atoms with Gasteiger partial charge < -0.3 is 10.6 Å². The molecule has 122 valence electrons. The number of rotatable bonds is 5. The van der Waals surface area contributed by atoms with Crippen LogP contribution in [0.15, 0.2) is 24.3 Å². The Balaban J connectivity index is 1.91. The molecule has 1 saturated heterocycles. The summed E-state index contributed by atoms with van der Waals surface area (Å²) in [6, 6.07) is 8.85. The Morgan fingerprint density at radius 1 is 1.27 bits per heavy atom. The van der Waals surface area contributed by atoms with Crippen LogP contribution in [-0.4, -0.2) is 29.9 Å². The van der Waals surface area contributed by atoms with Crippen LogP contribution in [0.5, 0.6) is 0 Å². The molecule has 0 spiro atoms. The van der Waals surface area contributed by atoms with Crippen molar-refractivity contribution in [3.8, 4) is 0 Å². The zero-order valence-electron chi connectivity index (χ0n) is 14.2. The van der Waals surface area contributed by atoms with Crippen LogP contribution < -0.4 is 5.73 Å². The molecule has 1 aromatic carbocycles. The first-order valence-corrected chi connectivity index (χ1v) is 8.61. The predicted octanol–water partition coefficient (Wildman–Crippen LogP) is 3.46. The molecule has 2 atom stereocenters. The summed E-state index contributed by atoms with van der Waals surface area (Å²) < 4.78 is 0. The molecule has 22 heavy (non-hydrogen) atoms. The fourth-order valence-corrected chi connectivity index (χ4v) is 3.35. The second kappa shape index (κ2) is 7.77. The largest absolute Gasteiger partial charge is 0.343 e. The van der Waals surface area contributed by atoms with Crippen molar-refractivity contribution in [3.05, 3.63) is 35.4 Å². The van der Waals surface area contributed by atoms with Crippen molar-refractivity contribution >= 4 is 5.91 Å². The predicted molar refractivity (Wildman–Crippen MR) is 91.8 cm³/mol. The van der Waals surface area contributed by atoms with Crippen molar-refractivity contribution in [1.82, 2.24) is 4.90 Å². The molecule has 3 nitrogen and oxygen atoms in total. The fourth-order valence-electron chi connectivity index (χ4n) is 3.35. The van der Waals surface area contributed by atoms with Crippen LogP contribution in [-0.2, 0) is 4.79 Å². The van der Waals surface area contributed by atoms with E-state index in [1.807, 2.05) is 4.90 Å². The van der Waals surface area contributed by atoms with Crippen molar-refractivity contribution in [3.63, 3.8) is 0 Å². The number of benzene rings is 1. The summed E-state index contributed by atoms with van der Waals surface area (Å²) in [6.45, 7) is 8.08. The zero-order chi connectivity index (χ0) is 16.1. The van der Waals surface area contributed by atoms with E-state index < -0.39 is 0 Å². The maximum Gasteiger partial charge on any atom is 0.223 e. The molecule has 0 saturated carbocycles. The topological polar surface area (TPSA) is 46.3 Å². The molecule has 0 aliphatic carbocycles. The monoisotopic (exact) mass is 302 g/mol. The molecule has 3 heteroatoms. The van der Waals surface area contributed by atoms with E-state index in [4.69, 9.17) is 5.73 Å². The lowest BCUT2D eigenvalue weighted by Gasteiger charge is -2.34. The van der Waals surface area contributed by atoms with Gasteiger partial charge in [-0.3, -0.25) is 4.79 Å². The van der Waals surface area contributed by atoms with Gasteiger partial charge in [-0.25, -0.2) is 0 Å². The fraction of sp³-hybridized carbons (Fsp3) is 0.632. The van der Waals surface area contributed by atoms with Gasteiger partial charge in [0.1, 0.15) is 0 Å². The van der Waals surface area contributed by atoms with Gasteiger partial charge in [-0.1, -0.05) is 36.8 Å². The first-order valence-electron chi connectivity index (χ1n) is 8.61. The van der Waals surface area contributed by atoms with E-state index >= 15 is 0 Å². The Kier molecular flexibility index (Phi) is 6.01. The van der Waals surface area contributed by atoms with E-state index in [1.165, 1.54) is 11.1 Å². The van der Waals surface area contributed by atoms with Gasteiger partial charge in [-0.2, -0.15) is 0 Å². The van der Waals surface area contributed by atoms with Gasteiger partial charge in [0.2, 0.25) is 5.91 Å². The third kappa shape index (κ3) is 4.33. The van der Waals surface area contributed by atoms with Crippen molar-refractivity contribution in [1.29, 1.82) is 0 Å². The number of aryl methyl sites for hydroxylation is 1. The standard InChI is InChI=1S/C19H30N2O/c1-4-16(18-7-5-14(2)6-8-18)13-19(22)21-11-9-17(10-12-21)15(3)20/h5-8,15-17H,4,9-13,20H2,1-3H3. The number of hydrogen-bond acceptors (Lipinski definition) is 2. The maximum atomic E-state index is 12.6. The molecule has 1 fully saturated rings. The lowest BCUT2D eigenvalue weighted by atomic mass is 9.89. The van der Waals surface area contributed by atoms with Gasteiger partial charge in [0.05, 0.1) is 0 Å². The van der Waals surface area contributed by atoms with Gasteiger partial charge in [0.25, 0.3) is 0 Å². The van der Waals surface area contributed by atoms with Gasteiger partial charge in [0.15, 0.2) is 0 Å².